The van der Waals surface area contributed by atoms with Crippen molar-refractivity contribution in [3.63, 3.8) is 0 Å². The topological polar surface area (TPSA) is 57.6 Å². The van der Waals surface area contributed by atoms with E-state index in [2.05, 4.69) is 20.8 Å². The third-order valence-corrected chi connectivity index (χ3v) is 5.63. The first-order valence-corrected chi connectivity index (χ1v) is 8.91. The van der Waals surface area contributed by atoms with Crippen LogP contribution in [0.25, 0.3) is 0 Å². The zero-order chi connectivity index (χ0) is 13.9. The van der Waals surface area contributed by atoms with Gasteiger partial charge >= 0.3 is 0 Å². The van der Waals surface area contributed by atoms with Gasteiger partial charge in [0.25, 0.3) is 0 Å². The molecule has 0 aliphatic carbocycles. The first kappa shape index (κ1) is 15.0. The standard InChI is InChI=1S/C13H18BrNO3S/c14-12-3-1-2-11(8-12)9-15(5-6-16)13-4-7-19(17,18)10-13/h1-3,8,13,16H,4-7,9-10H2. The number of hydrogen-bond acceptors (Lipinski definition) is 4. The SMILES string of the molecule is O=S1(=O)CCC(N(CCO)Cc2cccc(Br)c2)C1. The zero-order valence-corrected chi connectivity index (χ0v) is 13.0. The van der Waals surface area contributed by atoms with Gasteiger partial charge in [-0.2, -0.15) is 0 Å². The molecule has 1 atom stereocenters. The molecule has 0 spiro atoms. The first-order valence-electron chi connectivity index (χ1n) is 6.30. The molecule has 1 heterocycles. The number of rotatable bonds is 5. The van der Waals surface area contributed by atoms with Crippen LogP contribution in [-0.2, 0) is 16.4 Å². The van der Waals surface area contributed by atoms with E-state index in [4.69, 9.17) is 5.11 Å². The Morgan fingerprint density at radius 1 is 1.42 bits per heavy atom. The van der Waals surface area contributed by atoms with E-state index in [1.54, 1.807) is 0 Å². The van der Waals surface area contributed by atoms with Crippen LogP contribution in [0.5, 0.6) is 0 Å². The molecular formula is C13H18BrNO3S. The van der Waals surface area contributed by atoms with Crippen molar-refractivity contribution in [2.75, 3.05) is 24.7 Å². The van der Waals surface area contributed by atoms with E-state index in [0.29, 0.717) is 19.5 Å². The number of benzene rings is 1. The summed E-state index contributed by atoms with van der Waals surface area (Å²) in [6, 6.07) is 7.98. The third-order valence-electron chi connectivity index (χ3n) is 3.39. The molecule has 1 aromatic carbocycles. The van der Waals surface area contributed by atoms with E-state index < -0.39 is 9.84 Å². The second kappa shape index (κ2) is 6.35. The maximum Gasteiger partial charge on any atom is 0.151 e. The van der Waals surface area contributed by atoms with Gasteiger partial charge in [0, 0.05) is 23.6 Å². The molecule has 1 aromatic rings. The molecule has 0 saturated carbocycles. The molecule has 19 heavy (non-hydrogen) atoms. The number of hydrogen-bond donors (Lipinski definition) is 1. The Kier molecular flexibility index (Phi) is 5.00. The smallest absolute Gasteiger partial charge is 0.151 e. The lowest BCUT2D eigenvalue weighted by Crippen LogP contribution is -2.37. The Hall–Kier alpha value is -0.430. The number of aliphatic hydroxyl groups is 1. The minimum atomic E-state index is -2.89. The molecule has 6 heteroatoms. The van der Waals surface area contributed by atoms with E-state index in [1.807, 2.05) is 24.3 Å². The summed E-state index contributed by atoms with van der Waals surface area (Å²) in [5.74, 6) is 0.471. The van der Waals surface area contributed by atoms with Crippen molar-refractivity contribution in [3.05, 3.63) is 34.3 Å². The van der Waals surface area contributed by atoms with Gasteiger partial charge in [0.05, 0.1) is 18.1 Å². The normalized spacial score (nSPS) is 21.9. The highest BCUT2D eigenvalue weighted by atomic mass is 79.9. The van der Waals surface area contributed by atoms with E-state index in [9.17, 15) is 8.42 Å². The van der Waals surface area contributed by atoms with E-state index >= 15 is 0 Å². The summed E-state index contributed by atoms with van der Waals surface area (Å²) >= 11 is 3.43. The van der Waals surface area contributed by atoms with Crippen LogP contribution in [0.4, 0.5) is 0 Å². The molecule has 1 saturated heterocycles. The van der Waals surface area contributed by atoms with Crippen molar-refractivity contribution < 1.29 is 13.5 Å². The summed E-state index contributed by atoms with van der Waals surface area (Å²) in [6.07, 6.45) is 0.663. The molecular weight excluding hydrogens is 330 g/mol. The minimum absolute atomic E-state index is 0.0242. The fourth-order valence-electron chi connectivity index (χ4n) is 2.45. The third kappa shape index (κ3) is 4.27. The van der Waals surface area contributed by atoms with Crippen LogP contribution in [0.1, 0.15) is 12.0 Å². The van der Waals surface area contributed by atoms with Crippen LogP contribution in [0.3, 0.4) is 0 Å². The van der Waals surface area contributed by atoms with Gasteiger partial charge in [0.2, 0.25) is 0 Å². The van der Waals surface area contributed by atoms with Crippen molar-refractivity contribution in [1.29, 1.82) is 0 Å². The summed E-state index contributed by atoms with van der Waals surface area (Å²) in [6.45, 7) is 1.22. The van der Waals surface area contributed by atoms with E-state index in [1.165, 1.54) is 0 Å². The van der Waals surface area contributed by atoms with Crippen molar-refractivity contribution in [2.24, 2.45) is 0 Å². The highest BCUT2D eigenvalue weighted by Crippen LogP contribution is 2.21. The zero-order valence-electron chi connectivity index (χ0n) is 10.6. The second-order valence-corrected chi connectivity index (χ2v) is 8.03. The van der Waals surface area contributed by atoms with Gasteiger partial charge in [-0.25, -0.2) is 8.42 Å². The fraction of sp³-hybridized carbons (Fsp3) is 0.538. The predicted molar refractivity (Wildman–Crippen MR) is 78.7 cm³/mol. The van der Waals surface area contributed by atoms with Gasteiger partial charge < -0.3 is 5.11 Å². The molecule has 1 aliphatic heterocycles. The fourth-order valence-corrected chi connectivity index (χ4v) is 4.66. The molecule has 0 amide bonds. The summed E-state index contributed by atoms with van der Waals surface area (Å²) in [5.41, 5.74) is 1.12. The number of halogens is 1. The Morgan fingerprint density at radius 3 is 2.79 bits per heavy atom. The van der Waals surface area contributed by atoms with Crippen LogP contribution in [0.15, 0.2) is 28.7 Å². The lowest BCUT2D eigenvalue weighted by Gasteiger charge is -2.27. The highest BCUT2D eigenvalue weighted by Gasteiger charge is 2.31. The molecule has 0 bridgehead atoms. The average Bonchev–Trinajstić information content (AvgIpc) is 2.69. The summed E-state index contributed by atoms with van der Waals surface area (Å²) in [4.78, 5) is 2.06. The van der Waals surface area contributed by atoms with Crippen LogP contribution in [0.2, 0.25) is 0 Å². The largest absolute Gasteiger partial charge is 0.395 e. The second-order valence-electron chi connectivity index (χ2n) is 4.88. The molecule has 4 nitrogen and oxygen atoms in total. The lowest BCUT2D eigenvalue weighted by atomic mass is 10.1. The van der Waals surface area contributed by atoms with Crippen molar-refractivity contribution in [1.82, 2.24) is 4.90 Å². The monoisotopic (exact) mass is 347 g/mol. The molecule has 0 radical (unpaired) electrons. The van der Waals surface area contributed by atoms with E-state index in [-0.39, 0.29) is 24.2 Å². The van der Waals surface area contributed by atoms with Crippen LogP contribution in [-0.4, -0.2) is 49.1 Å². The molecule has 106 valence electrons. The number of nitrogens with zero attached hydrogens (tertiary/aromatic N) is 1. The molecule has 2 rings (SSSR count). The Balaban J connectivity index is 2.08. The molecule has 1 unspecified atom stereocenters. The summed E-state index contributed by atoms with van der Waals surface area (Å²) in [7, 11) is -2.89. The Morgan fingerprint density at radius 2 is 2.21 bits per heavy atom. The van der Waals surface area contributed by atoms with Gasteiger partial charge in [-0.1, -0.05) is 28.1 Å². The molecule has 1 N–H and O–H groups in total. The maximum absolute atomic E-state index is 11.6. The van der Waals surface area contributed by atoms with Crippen molar-refractivity contribution in [3.8, 4) is 0 Å². The van der Waals surface area contributed by atoms with Gasteiger partial charge in [0.15, 0.2) is 9.84 Å². The lowest BCUT2D eigenvalue weighted by molar-refractivity contribution is 0.153. The van der Waals surface area contributed by atoms with Crippen LogP contribution < -0.4 is 0 Å². The molecule has 1 fully saturated rings. The molecule has 0 aromatic heterocycles. The number of aliphatic hydroxyl groups excluding tert-OH is 1. The first-order chi connectivity index (χ1) is 9.00. The summed E-state index contributed by atoms with van der Waals surface area (Å²) in [5, 5.41) is 9.16. The highest BCUT2D eigenvalue weighted by molar-refractivity contribution is 9.10. The number of sulfone groups is 1. The minimum Gasteiger partial charge on any atom is -0.395 e. The average molecular weight is 348 g/mol. The van der Waals surface area contributed by atoms with Gasteiger partial charge in [-0.15, -0.1) is 0 Å². The van der Waals surface area contributed by atoms with Crippen molar-refractivity contribution >= 4 is 25.8 Å². The maximum atomic E-state index is 11.6. The van der Waals surface area contributed by atoms with Crippen LogP contribution in [0, 0.1) is 0 Å². The van der Waals surface area contributed by atoms with Gasteiger partial charge in [-0.05, 0) is 24.1 Å². The van der Waals surface area contributed by atoms with E-state index in [0.717, 1.165) is 10.0 Å². The molecule has 1 aliphatic rings. The quantitative estimate of drug-likeness (QED) is 0.875. The van der Waals surface area contributed by atoms with Gasteiger partial charge in [-0.3, -0.25) is 4.90 Å². The van der Waals surface area contributed by atoms with Crippen LogP contribution >= 0.6 is 15.9 Å². The van der Waals surface area contributed by atoms with Crippen molar-refractivity contribution in [2.45, 2.75) is 19.0 Å². The van der Waals surface area contributed by atoms with Gasteiger partial charge in [0.1, 0.15) is 0 Å². The Labute approximate surface area is 122 Å². The Bertz CT molecular complexity index is 532. The predicted octanol–water partition coefficient (Wildman–Crippen LogP) is 1.43. The summed E-state index contributed by atoms with van der Waals surface area (Å²) < 4.78 is 24.1.